The predicted octanol–water partition coefficient (Wildman–Crippen LogP) is 4.07. The summed E-state index contributed by atoms with van der Waals surface area (Å²) in [5.74, 6) is 0.359. The second kappa shape index (κ2) is 8.07. The zero-order valence-corrected chi connectivity index (χ0v) is 14.3. The van der Waals surface area contributed by atoms with Crippen molar-refractivity contribution in [2.75, 3.05) is 0 Å². The van der Waals surface area contributed by atoms with Crippen LogP contribution in [0.25, 0.3) is 0 Å². The van der Waals surface area contributed by atoms with Crippen molar-refractivity contribution in [3.63, 3.8) is 0 Å². The highest BCUT2D eigenvalue weighted by atomic mass is 19.4. The van der Waals surface area contributed by atoms with Gasteiger partial charge in [-0.05, 0) is 17.2 Å². The molecule has 0 spiro atoms. The van der Waals surface area contributed by atoms with Gasteiger partial charge in [-0.1, -0.05) is 48.5 Å². The number of carbonyl (C=O) groups is 1. The third-order valence-electron chi connectivity index (χ3n) is 4.11. The Bertz CT molecular complexity index is 877. The number of imidazole rings is 1. The Morgan fingerprint density at radius 3 is 2.56 bits per heavy atom. The van der Waals surface area contributed by atoms with Crippen LogP contribution in [0.2, 0.25) is 0 Å². The molecule has 0 radical (unpaired) electrons. The summed E-state index contributed by atoms with van der Waals surface area (Å²) in [7, 11) is 0. The van der Waals surface area contributed by atoms with Gasteiger partial charge in [-0.15, -0.1) is 0 Å². The first-order chi connectivity index (χ1) is 12.9. The first kappa shape index (κ1) is 18.7. The zero-order valence-electron chi connectivity index (χ0n) is 14.3. The van der Waals surface area contributed by atoms with E-state index >= 15 is 0 Å². The molecule has 4 nitrogen and oxygen atoms in total. The molecule has 0 unspecified atom stereocenters. The van der Waals surface area contributed by atoms with Crippen LogP contribution in [0.3, 0.4) is 0 Å². The van der Waals surface area contributed by atoms with Crippen molar-refractivity contribution in [1.29, 1.82) is 0 Å². The standard InChI is InChI=1S/C20H18F3N3O/c21-20(22,23)16-8-4-5-14(11-16)12-19(27)26-17(13-18-24-9-10-25-18)15-6-2-1-3-7-15/h1-11,17H,12-13H2,(H,24,25)(H,26,27)/t17-/m0/s1. The van der Waals surface area contributed by atoms with Crippen molar-refractivity contribution in [1.82, 2.24) is 15.3 Å². The van der Waals surface area contributed by atoms with E-state index in [2.05, 4.69) is 15.3 Å². The number of H-pyrrole nitrogens is 1. The third-order valence-corrected chi connectivity index (χ3v) is 4.11. The first-order valence-corrected chi connectivity index (χ1v) is 8.40. The largest absolute Gasteiger partial charge is 0.416 e. The third kappa shape index (κ3) is 5.20. The number of hydrogen-bond donors (Lipinski definition) is 2. The number of hydrogen-bond acceptors (Lipinski definition) is 2. The summed E-state index contributed by atoms with van der Waals surface area (Å²) in [5.41, 5.74) is 0.446. The number of rotatable bonds is 6. The minimum atomic E-state index is -4.43. The quantitative estimate of drug-likeness (QED) is 0.684. The molecule has 1 amide bonds. The van der Waals surface area contributed by atoms with Gasteiger partial charge in [0.15, 0.2) is 0 Å². The fraction of sp³-hybridized carbons (Fsp3) is 0.200. The number of nitrogens with zero attached hydrogens (tertiary/aromatic N) is 1. The molecule has 3 rings (SSSR count). The van der Waals surface area contributed by atoms with Crippen LogP contribution in [0.15, 0.2) is 67.0 Å². The van der Waals surface area contributed by atoms with E-state index < -0.39 is 11.7 Å². The molecule has 0 aliphatic rings. The molecule has 1 heterocycles. The molecule has 27 heavy (non-hydrogen) atoms. The second-order valence-corrected chi connectivity index (χ2v) is 6.15. The van der Waals surface area contributed by atoms with E-state index in [1.165, 1.54) is 12.1 Å². The normalized spacial score (nSPS) is 12.6. The lowest BCUT2D eigenvalue weighted by atomic mass is 10.0. The fourth-order valence-corrected chi connectivity index (χ4v) is 2.83. The van der Waals surface area contributed by atoms with Gasteiger partial charge < -0.3 is 10.3 Å². The van der Waals surface area contributed by atoms with Gasteiger partial charge in [0, 0.05) is 18.8 Å². The number of alkyl halides is 3. The molecule has 0 fully saturated rings. The van der Waals surface area contributed by atoms with E-state index in [9.17, 15) is 18.0 Å². The number of nitrogens with one attached hydrogen (secondary N) is 2. The predicted molar refractivity (Wildman–Crippen MR) is 94.8 cm³/mol. The average Bonchev–Trinajstić information content (AvgIpc) is 3.14. The van der Waals surface area contributed by atoms with Crippen molar-refractivity contribution in [3.05, 3.63) is 89.5 Å². The van der Waals surface area contributed by atoms with Gasteiger partial charge in [0.2, 0.25) is 5.91 Å². The lowest BCUT2D eigenvalue weighted by molar-refractivity contribution is -0.137. The number of aromatic nitrogens is 2. The van der Waals surface area contributed by atoms with E-state index in [1.807, 2.05) is 30.3 Å². The Kier molecular flexibility index (Phi) is 5.59. The van der Waals surface area contributed by atoms with Crippen LogP contribution in [-0.2, 0) is 23.8 Å². The van der Waals surface area contributed by atoms with Crippen molar-refractivity contribution in [2.45, 2.75) is 25.1 Å². The maximum absolute atomic E-state index is 12.8. The zero-order chi connectivity index (χ0) is 19.3. The van der Waals surface area contributed by atoms with E-state index in [-0.39, 0.29) is 18.4 Å². The Balaban J connectivity index is 1.73. The van der Waals surface area contributed by atoms with Gasteiger partial charge in [0.25, 0.3) is 0 Å². The number of benzene rings is 2. The molecular formula is C20H18F3N3O. The van der Waals surface area contributed by atoms with Crippen LogP contribution in [0.4, 0.5) is 13.2 Å². The molecule has 1 aromatic heterocycles. The smallest absolute Gasteiger partial charge is 0.349 e. The molecule has 0 bridgehead atoms. The summed E-state index contributed by atoms with van der Waals surface area (Å²) in [6, 6.07) is 13.9. The number of aromatic amines is 1. The molecule has 1 atom stereocenters. The van der Waals surface area contributed by atoms with Gasteiger partial charge >= 0.3 is 6.18 Å². The van der Waals surface area contributed by atoms with Crippen LogP contribution in [0.5, 0.6) is 0 Å². The Labute approximate surface area is 154 Å². The SMILES string of the molecule is O=C(Cc1cccc(C(F)(F)F)c1)N[C@@H](Cc1ncc[nH]1)c1ccccc1. The van der Waals surface area contributed by atoms with Crippen molar-refractivity contribution in [3.8, 4) is 0 Å². The fourth-order valence-electron chi connectivity index (χ4n) is 2.83. The summed E-state index contributed by atoms with van der Waals surface area (Å²) in [4.78, 5) is 19.6. The molecule has 0 saturated heterocycles. The number of carbonyl (C=O) groups excluding carboxylic acids is 1. The number of amides is 1. The molecule has 3 aromatic rings. The van der Waals surface area contributed by atoms with Crippen molar-refractivity contribution >= 4 is 5.91 Å². The average molecular weight is 373 g/mol. The van der Waals surface area contributed by atoms with Gasteiger partial charge in [0.1, 0.15) is 5.82 Å². The summed E-state index contributed by atoms with van der Waals surface area (Å²) < 4.78 is 38.5. The number of halogens is 3. The highest BCUT2D eigenvalue weighted by Crippen LogP contribution is 2.29. The van der Waals surface area contributed by atoms with E-state index in [4.69, 9.17) is 0 Å². The minimum absolute atomic E-state index is 0.134. The van der Waals surface area contributed by atoms with Crippen molar-refractivity contribution < 1.29 is 18.0 Å². The molecule has 7 heteroatoms. The summed E-state index contributed by atoms with van der Waals surface area (Å²) >= 11 is 0. The van der Waals surface area contributed by atoms with Crippen LogP contribution in [0.1, 0.15) is 28.6 Å². The van der Waals surface area contributed by atoms with E-state index in [1.54, 1.807) is 12.4 Å². The van der Waals surface area contributed by atoms with Gasteiger partial charge in [-0.25, -0.2) is 4.98 Å². The Morgan fingerprint density at radius 2 is 1.89 bits per heavy atom. The highest BCUT2D eigenvalue weighted by Gasteiger charge is 2.30. The second-order valence-electron chi connectivity index (χ2n) is 6.15. The molecule has 140 valence electrons. The van der Waals surface area contributed by atoms with Gasteiger partial charge in [-0.3, -0.25) is 4.79 Å². The lowest BCUT2D eigenvalue weighted by Crippen LogP contribution is -2.31. The first-order valence-electron chi connectivity index (χ1n) is 8.40. The highest BCUT2D eigenvalue weighted by molar-refractivity contribution is 5.79. The molecule has 0 saturated carbocycles. The topological polar surface area (TPSA) is 57.8 Å². The van der Waals surface area contributed by atoms with Crippen LogP contribution in [0, 0.1) is 0 Å². The molecular weight excluding hydrogens is 355 g/mol. The maximum Gasteiger partial charge on any atom is 0.416 e. The van der Waals surface area contributed by atoms with Crippen LogP contribution >= 0.6 is 0 Å². The molecule has 0 aliphatic carbocycles. The molecule has 0 aliphatic heterocycles. The monoisotopic (exact) mass is 373 g/mol. The van der Waals surface area contributed by atoms with Crippen LogP contribution in [-0.4, -0.2) is 15.9 Å². The van der Waals surface area contributed by atoms with Crippen LogP contribution < -0.4 is 5.32 Å². The van der Waals surface area contributed by atoms with E-state index in [0.29, 0.717) is 17.8 Å². The summed E-state index contributed by atoms with van der Waals surface area (Å²) in [6.45, 7) is 0. The van der Waals surface area contributed by atoms with E-state index in [0.717, 1.165) is 17.7 Å². The lowest BCUT2D eigenvalue weighted by Gasteiger charge is -2.18. The Hall–Kier alpha value is -3.09. The summed E-state index contributed by atoms with van der Waals surface area (Å²) in [6.07, 6.45) is -0.793. The van der Waals surface area contributed by atoms with Crippen molar-refractivity contribution in [2.24, 2.45) is 0 Å². The van der Waals surface area contributed by atoms with Gasteiger partial charge in [-0.2, -0.15) is 13.2 Å². The summed E-state index contributed by atoms with van der Waals surface area (Å²) in [5, 5.41) is 2.90. The maximum atomic E-state index is 12.8. The molecule has 2 aromatic carbocycles. The minimum Gasteiger partial charge on any atom is -0.349 e. The van der Waals surface area contributed by atoms with Gasteiger partial charge in [0.05, 0.1) is 18.0 Å². The Morgan fingerprint density at radius 1 is 1.11 bits per heavy atom. The molecule has 2 N–H and O–H groups in total.